The molecule has 0 bridgehead atoms. The Morgan fingerprint density at radius 1 is 1.30 bits per heavy atom. The SMILES string of the molecule is CC(=O)Nc1cccc(Nc2ccnc3c2CCN3)c1. The zero-order valence-corrected chi connectivity index (χ0v) is 11.2. The molecule has 3 rings (SSSR count). The van der Waals surface area contributed by atoms with E-state index < -0.39 is 0 Å². The highest BCUT2D eigenvalue weighted by molar-refractivity contribution is 5.89. The number of hydrogen-bond acceptors (Lipinski definition) is 4. The van der Waals surface area contributed by atoms with Crippen molar-refractivity contribution >= 4 is 28.8 Å². The molecule has 2 heterocycles. The lowest BCUT2D eigenvalue weighted by molar-refractivity contribution is -0.114. The molecule has 0 saturated carbocycles. The van der Waals surface area contributed by atoms with Gasteiger partial charge in [-0.2, -0.15) is 0 Å². The van der Waals surface area contributed by atoms with E-state index >= 15 is 0 Å². The fourth-order valence-corrected chi connectivity index (χ4v) is 2.35. The van der Waals surface area contributed by atoms with Crippen LogP contribution in [0.4, 0.5) is 22.9 Å². The van der Waals surface area contributed by atoms with E-state index in [4.69, 9.17) is 0 Å². The summed E-state index contributed by atoms with van der Waals surface area (Å²) in [6.07, 6.45) is 2.76. The first kappa shape index (κ1) is 12.5. The van der Waals surface area contributed by atoms with Crippen molar-refractivity contribution in [3.05, 3.63) is 42.1 Å². The summed E-state index contributed by atoms with van der Waals surface area (Å²) < 4.78 is 0. The number of carbonyl (C=O) groups is 1. The van der Waals surface area contributed by atoms with E-state index in [1.165, 1.54) is 12.5 Å². The largest absolute Gasteiger partial charge is 0.369 e. The maximum atomic E-state index is 11.1. The minimum absolute atomic E-state index is 0.0730. The standard InChI is InChI=1S/C15H16N4O/c1-10(20)18-11-3-2-4-12(9-11)19-14-6-8-17-15-13(14)5-7-16-15/h2-4,6,8-9H,5,7H2,1H3,(H,18,20)(H2,16,17,19). The first-order valence-corrected chi connectivity index (χ1v) is 6.59. The normalized spacial score (nSPS) is 12.4. The lowest BCUT2D eigenvalue weighted by atomic mass is 10.2. The molecule has 102 valence electrons. The zero-order valence-electron chi connectivity index (χ0n) is 11.2. The molecule has 0 atom stereocenters. The van der Waals surface area contributed by atoms with Crippen molar-refractivity contribution in [3.8, 4) is 0 Å². The molecular formula is C15H16N4O. The lowest BCUT2D eigenvalue weighted by Crippen LogP contribution is -2.05. The Bertz CT molecular complexity index is 654. The number of benzene rings is 1. The Morgan fingerprint density at radius 2 is 2.15 bits per heavy atom. The van der Waals surface area contributed by atoms with Crippen molar-refractivity contribution in [2.45, 2.75) is 13.3 Å². The summed E-state index contributed by atoms with van der Waals surface area (Å²) in [7, 11) is 0. The van der Waals surface area contributed by atoms with Crippen LogP contribution in [0.3, 0.4) is 0 Å². The first-order chi connectivity index (χ1) is 9.72. The van der Waals surface area contributed by atoms with E-state index in [-0.39, 0.29) is 5.91 Å². The molecule has 1 aromatic heterocycles. The Kier molecular flexibility index (Phi) is 3.25. The second kappa shape index (κ2) is 5.21. The third-order valence-electron chi connectivity index (χ3n) is 3.19. The molecule has 20 heavy (non-hydrogen) atoms. The summed E-state index contributed by atoms with van der Waals surface area (Å²) in [5, 5.41) is 9.42. The van der Waals surface area contributed by atoms with Gasteiger partial charge in [-0.3, -0.25) is 4.79 Å². The number of anilines is 4. The molecule has 2 aromatic rings. The predicted octanol–water partition coefficient (Wildman–Crippen LogP) is 2.75. The summed E-state index contributed by atoms with van der Waals surface area (Å²) in [5.41, 5.74) is 3.99. The summed E-state index contributed by atoms with van der Waals surface area (Å²) in [6.45, 7) is 2.43. The van der Waals surface area contributed by atoms with Gasteiger partial charge in [-0.15, -0.1) is 0 Å². The number of carbonyl (C=O) groups excluding carboxylic acids is 1. The van der Waals surface area contributed by atoms with Crippen molar-refractivity contribution in [3.63, 3.8) is 0 Å². The third kappa shape index (κ3) is 2.56. The third-order valence-corrected chi connectivity index (χ3v) is 3.19. The first-order valence-electron chi connectivity index (χ1n) is 6.59. The molecule has 1 aromatic carbocycles. The van der Waals surface area contributed by atoms with Crippen molar-refractivity contribution in [1.29, 1.82) is 0 Å². The van der Waals surface area contributed by atoms with Crippen molar-refractivity contribution < 1.29 is 4.79 Å². The minimum atomic E-state index is -0.0730. The van der Waals surface area contributed by atoms with Gasteiger partial charge in [0.15, 0.2) is 0 Å². The molecule has 5 nitrogen and oxygen atoms in total. The van der Waals surface area contributed by atoms with Crippen LogP contribution in [0.25, 0.3) is 0 Å². The van der Waals surface area contributed by atoms with Gasteiger partial charge in [0.1, 0.15) is 5.82 Å². The van der Waals surface area contributed by atoms with Crippen LogP contribution in [0.1, 0.15) is 12.5 Å². The van der Waals surface area contributed by atoms with E-state index in [1.54, 1.807) is 6.20 Å². The van der Waals surface area contributed by atoms with Crippen LogP contribution in [0.15, 0.2) is 36.5 Å². The van der Waals surface area contributed by atoms with Gasteiger partial charge in [-0.05, 0) is 30.7 Å². The number of rotatable bonds is 3. The summed E-state index contributed by atoms with van der Waals surface area (Å²) in [6, 6.07) is 9.63. The topological polar surface area (TPSA) is 66.0 Å². The van der Waals surface area contributed by atoms with Crippen LogP contribution in [0.2, 0.25) is 0 Å². The van der Waals surface area contributed by atoms with Gasteiger partial charge < -0.3 is 16.0 Å². The Hall–Kier alpha value is -2.56. The molecule has 0 spiro atoms. The highest BCUT2D eigenvalue weighted by Crippen LogP contribution is 2.29. The fraction of sp³-hybridized carbons (Fsp3) is 0.200. The molecule has 5 heteroatoms. The molecule has 1 aliphatic rings. The average molecular weight is 268 g/mol. The zero-order chi connectivity index (χ0) is 13.9. The molecule has 1 amide bonds. The second-order valence-electron chi connectivity index (χ2n) is 4.75. The fourth-order valence-electron chi connectivity index (χ4n) is 2.35. The quantitative estimate of drug-likeness (QED) is 0.800. The molecule has 0 radical (unpaired) electrons. The number of fused-ring (bicyclic) bond motifs is 1. The van der Waals surface area contributed by atoms with Gasteiger partial charge in [0.25, 0.3) is 0 Å². The molecule has 3 N–H and O–H groups in total. The van der Waals surface area contributed by atoms with Gasteiger partial charge in [0.2, 0.25) is 5.91 Å². The van der Waals surface area contributed by atoms with Crippen molar-refractivity contribution in [2.75, 3.05) is 22.5 Å². The number of hydrogen-bond donors (Lipinski definition) is 3. The molecule has 0 saturated heterocycles. The summed E-state index contributed by atoms with van der Waals surface area (Å²) in [4.78, 5) is 15.4. The van der Waals surface area contributed by atoms with Crippen LogP contribution in [-0.2, 0) is 11.2 Å². The van der Waals surface area contributed by atoms with E-state index in [1.807, 2.05) is 30.3 Å². The van der Waals surface area contributed by atoms with E-state index in [9.17, 15) is 4.79 Å². The van der Waals surface area contributed by atoms with Crippen LogP contribution in [0.5, 0.6) is 0 Å². The van der Waals surface area contributed by atoms with Gasteiger partial charge in [0, 0.05) is 42.3 Å². The molecule has 0 aliphatic carbocycles. The van der Waals surface area contributed by atoms with Gasteiger partial charge >= 0.3 is 0 Å². The number of nitrogens with one attached hydrogen (secondary N) is 3. The van der Waals surface area contributed by atoms with E-state index in [0.717, 1.165) is 35.8 Å². The van der Waals surface area contributed by atoms with Crippen LogP contribution in [-0.4, -0.2) is 17.4 Å². The minimum Gasteiger partial charge on any atom is -0.369 e. The number of nitrogens with zero attached hydrogens (tertiary/aromatic N) is 1. The van der Waals surface area contributed by atoms with Gasteiger partial charge in [-0.25, -0.2) is 4.98 Å². The lowest BCUT2D eigenvalue weighted by Gasteiger charge is -2.11. The van der Waals surface area contributed by atoms with Crippen LogP contribution >= 0.6 is 0 Å². The van der Waals surface area contributed by atoms with Crippen LogP contribution < -0.4 is 16.0 Å². The Balaban J connectivity index is 1.85. The number of pyridine rings is 1. The highest BCUT2D eigenvalue weighted by atomic mass is 16.1. The van der Waals surface area contributed by atoms with Crippen LogP contribution in [0, 0.1) is 0 Å². The number of amides is 1. The Labute approximate surface area is 117 Å². The van der Waals surface area contributed by atoms with Crippen molar-refractivity contribution in [1.82, 2.24) is 4.98 Å². The molecule has 0 unspecified atom stereocenters. The molecular weight excluding hydrogens is 252 g/mol. The van der Waals surface area contributed by atoms with Gasteiger partial charge in [0.05, 0.1) is 0 Å². The smallest absolute Gasteiger partial charge is 0.221 e. The van der Waals surface area contributed by atoms with E-state index in [0.29, 0.717) is 0 Å². The summed E-state index contributed by atoms with van der Waals surface area (Å²) >= 11 is 0. The number of aromatic nitrogens is 1. The second-order valence-corrected chi connectivity index (χ2v) is 4.75. The van der Waals surface area contributed by atoms with Crippen molar-refractivity contribution in [2.24, 2.45) is 0 Å². The molecule has 0 fully saturated rings. The highest BCUT2D eigenvalue weighted by Gasteiger charge is 2.15. The summed E-state index contributed by atoms with van der Waals surface area (Å²) in [5.74, 6) is 0.879. The monoisotopic (exact) mass is 268 g/mol. The maximum absolute atomic E-state index is 11.1. The van der Waals surface area contributed by atoms with E-state index in [2.05, 4.69) is 20.9 Å². The van der Waals surface area contributed by atoms with Gasteiger partial charge in [-0.1, -0.05) is 6.07 Å². The predicted molar refractivity (Wildman–Crippen MR) is 80.5 cm³/mol. The maximum Gasteiger partial charge on any atom is 0.221 e. The molecule has 1 aliphatic heterocycles. The Morgan fingerprint density at radius 3 is 3.00 bits per heavy atom. The average Bonchev–Trinajstić information content (AvgIpc) is 2.88.